The van der Waals surface area contributed by atoms with Gasteiger partial charge < -0.3 is 5.32 Å². The lowest BCUT2D eigenvalue weighted by Gasteiger charge is -2.04. The first kappa shape index (κ1) is 10.3. The summed E-state index contributed by atoms with van der Waals surface area (Å²) >= 11 is 1.65. The van der Waals surface area contributed by atoms with Gasteiger partial charge in [0.05, 0.1) is 11.4 Å². The summed E-state index contributed by atoms with van der Waals surface area (Å²) in [6.07, 6.45) is 1.79. The van der Waals surface area contributed by atoms with Crippen molar-refractivity contribution in [2.75, 3.05) is 7.05 Å². The lowest BCUT2D eigenvalue weighted by atomic mass is 10.3. The van der Waals surface area contributed by atoms with Gasteiger partial charge >= 0.3 is 0 Å². The molecule has 2 aromatic heterocycles. The summed E-state index contributed by atoms with van der Waals surface area (Å²) in [5.41, 5.74) is 2.15. The largest absolute Gasteiger partial charge is 0.312 e. The number of hydrogen-bond donors (Lipinski definition) is 1. The zero-order chi connectivity index (χ0) is 10.8. The molecule has 0 aliphatic rings. The molecule has 0 saturated carbocycles. The van der Waals surface area contributed by atoms with Gasteiger partial charge in [0.1, 0.15) is 5.01 Å². The Morgan fingerprint density at radius 3 is 2.93 bits per heavy atom. The van der Waals surface area contributed by atoms with E-state index in [-0.39, 0.29) is 0 Å². The molecule has 2 rings (SSSR count). The number of aromatic nitrogens is 3. The SMILES string of the molecule is CNC(C)c1csc(-c2ccnn2C)n1. The zero-order valence-corrected chi connectivity index (χ0v) is 9.88. The van der Waals surface area contributed by atoms with E-state index in [4.69, 9.17) is 0 Å². The van der Waals surface area contributed by atoms with E-state index < -0.39 is 0 Å². The molecule has 1 N–H and O–H groups in total. The predicted octanol–water partition coefficient (Wildman–Crippen LogP) is 1.82. The first-order valence-electron chi connectivity index (χ1n) is 4.83. The van der Waals surface area contributed by atoms with Gasteiger partial charge in [-0.1, -0.05) is 0 Å². The van der Waals surface area contributed by atoms with Crippen molar-refractivity contribution < 1.29 is 0 Å². The number of hydrogen-bond acceptors (Lipinski definition) is 4. The minimum Gasteiger partial charge on any atom is -0.312 e. The first-order chi connectivity index (χ1) is 7.22. The summed E-state index contributed by atoms with van der Waals surface area (Å²) in [6, 6.07) is 2.27. The third kappa shape index (κ3) is 1.93. The monoisotopic (exact) mass is 222 g/mol. The summed E-state index contributed by atoms with van der Waals surface area (Å²) in [4.78, 5) is 4.58. The van der Waals surface area contributed by atoms with Crippen LogP contribution in [0, 0.1) is 0 Å². The van der Waals surface area contributed by atoms with Crippen molar-refractivity contribution in [2.24, 2.45) is 7.05 Å². The Bertz CT molecular complexity index is 446. The van der Waals surface area contributed by atoms with Crippen LogP contribution in [-0.4, -0.2) is 21.8 Å². The second-order valence-electron chi connectivity index (χ2n) is 3.43. The number of thiazole rings is 1. The van der Waals surface area contributed by atoms with Gasteiger partial charge in [-0.05, 0) is 20.0 Å². The van der Waals surface area contributed by atoms with Gasteiger partial charge in [0, 0.05) is 24.7 Å². The Labute approximate surface area is 93.0 Å². The molecule has 0 spiro atoms. The summed E-state index contributed by atoms with van der Waals surface area (Å²) in [7, 11) is 3.87. The molecule has 1 unspecified atom stereocenters. The number of nitrogens with zero attached hydrogens (tertiary/aromatic N) is 3. The van der Waals surface area contributed by atoms with Gasteiger partial charge in [-0.15, -0.1) is 11.3 Å². The fourth-order valence-electron chi connectivity index (χ4n) is 1.33. The molecular weight excluding hydrogens is 208 g/mol. The quantitative estimate of drug-likeness (QED) is 0.861. The average molecular weight is 222 g/mol. The highest BCUT2D eigenvalue weighted by atomic mass is 32.1. The highest BCUT2D eigenvalue weighted by Crippen LogP contribution is 2.25. The molecule has 1 atom stereocenters. The molecule has 2 heterocycles. The van der Waals surface area contributed by atoms with E-state index in [1.165, 1.54) is 0 Å². The Balaban J connectivity index is 2.32. The van der Waals surface area contributed by atoms with Gasteiger partial charge in [-0.3, -0.25) is 4.68 Å². The molecule has 2 aromatic rings. The Morgan fingerprint density at radius 2 is 2.33 bits per heavy atom. The Morgan fingerprint density at radius 1 is 1.53 bits per heavy atom. The highest BCUT2D eigenvalue weighted by Gasteiger charge is 2.11. The Hall–Kier alpha value is -1.20. The summed E-state index contributed by atoms with van der Waals surface area (Å²) in [5.74, 6) is 0. The van der Waals surface area contributed by atoms with Crippen molar-refractivity contribution >= 4 is 11.3 Å². The molecule has 0 radical (unpaired) electrons. The van der Waals surface area contributed by atoms with Crippen LogP contribution in [0.1, 0.15) is 18.7 Å². The van der Waals surface area contributed by atoms with E-state index in [9.17, 15) is 0 Å². The Kier molecular flexibility index (Phi) is 2.83. The lowest BCUT2D eigenvalue weighted by molar-refractivity contribution is 0.637. The van der Waals surface area contributed by atoms with E-state index in [2.05, 4.69) is 27.7 Å². The lowest BCUT2D eigenvalue weighted by Crippen LogP contribution is -2.12. The fraction of sp³-hybridized carbons (Fsp3) is 0.400. The molecule has 15 heavy (non-hydrogen) atoms. The van der Waals surface area contributed by atoms with Gasteiger partial charge in [-0.2, -0.15) is 5.10 Å². The van der Waals surface area contributed by atoms with Crippen LogP contribution in [0.2, 0.25) is 0 Å². The number of aryl methyl sites for hydroxylation is 1. The second-order valence-corrected chi connectivity index (χ2v) is 4.29. The topological polar surface area (TPSA) is 42.7 Å². The van der Waals surface area contributed by atoms with Gasteiger partial charge in [0.25, 0.3) is 0 Å². The third-order valence-electron chi connectivity index (χ3n) is 2.44. The fourth-order valence-corrected chi connectivity index (χ4v) is 2.30. The molecular formula is C10H14N4S. The van der Waals surface area contributed by atoms with Crippen molar-refractivity contribution in [3.63, 3.8) is 0 Å². The van der Waals surface area contributed by atoms with E-state index in [0.717, 1.165) is 16.4 Å². The molecule has 0 bridgehead atoms. The molecule has 0 saturated heterocycles. The molecule has 0 fully saturated rings. The molecule has 80 valence electrons. The minimum atomic E-state index is 0.295. The van der Waals surface area contributed by atoms with Crippen molar-refractivity contribution in [2.45, 2.75) is 13.0 Å². The standard InChI is InChI=1S/C10H14N4S/c1-7(11-2)8-6-15-10(13-8)9-4-5-12-14(9)3/h4-7,11H,1-3H3. The van der Waals surface area contributed by atoms with E-state index in [1.807, 2.05) is 24.8 Å². The van der Waals surface area contributed by atoms with Crippen LogP contribution in [0.5, 0.6) is 0 Å². The smallest absolute Gasteiger partial charge is 0.141 e. The van der Waals surface area contributed by atoms with Crippen LogP contribution in [0.25, 0.3) is 10.7 Å². The van der Waals surface area contributed by atoms with Gasteiger partial charge in [-0.25, -0.2) is 4.98 Å². The molecule has 0 aliphatic carbocycles. The van der Waals surface area contributed by atoms with Crippen molar-refractivity contribution in [3.8, 4) is 10.7 Å². The second kappa shape index (κ2) is 4.12. The maximum atomic E-state index is 4.58. The van der Waals surface area contributed by atoms with Gasteiger partial charge in [0.2, 0.25) is 0 Å². The van der Waals surface area contributed by atoms with Crippen LogP contribution < -0.4 is 5.32 Å². The van der Waals surface area contributed by atoms with Crippen LogP contribution >= 0.6 is 11.3 Å². The third-order valence-corrected chi connectivity index (χ3v) is 3.32. The summed E-state index contributed by atoms with van der Waals surface area (Å²) in [6.45, 7) is 2.10. The molecule has 0 aromatic carbocycles. The van der Waals surface area contributed by atoms with Crippen molar-refractivity contribution in [1.82, 2.24) is 20.1 Å². The predicted molar refractivity (Wildman–Crippen MR) is 61.8 cm³/mol. The molecule has 4 nitrogen and oxygen atoms in total. The minimum absolute atomic E-state index is 0.295. The molecule has 0 aliphatic heterocycles. The first-order valence-corrected chi connectivity index (χ1v) is 5.71. The average Bonchev–Trinajstić information content (AvgIpc) is 2.84. The maximum absolute atomic E-state index is 4.58. The van der Waals surface area contributed by atoms with Crippen molar-refractivity contribution in [1.29, 1.82) is 0 Å². The normalized spacial score (nSPS) is 13.0. The highest BCUT2D eigenvalue weighted by molar-refractivity contribution is 7.13. The zero-order valence-electron chi connectivity index (χ0n) is 9.06. The number of rotatable bonds is 3. The molecule has 0 amide bonds. The van der Waals surface area contributed by atoms with Crippen LogP contribution in [0.4, 0.5) is 0 Å². The maximum Gasteiger partial charge on any atom is 0.141 e. The van der Waals surface area contributed by atoms with Crippen LogP contribution in [0.15, 0.2) is 17.6 Å². The summed E-state index contributed by atoms with van der Waals surface area (Å²) in [5, 5.41) is 10.4. The van der Waals surface area contributed by atoms with E-state index in [1.54, 1.807) is 17.5 Å². The van der Waals surface area contributed by atoms with Crippen LogP contribution in [0.3, 0.4) is 0 Å². The number of nitrogens with one attached hydrogen (secondary N) is 1. The van der Waals surface area contributed by atoms with E-state index in [0.29, 0.717) is 6.04 Å². The van der Waals surface area contributed by atoms with Gasteiger partial charge in [0.15, 0.2) is 0 Å². The molecule has 5 heteroatoms. The summed E-state index contributed by atoms with van der Waals surface area (Å²) < 4.78 is 1.84. The van der Waals surface area contributed by atoms with E-state index >= 15 is 0 Å². The van der Waals surface area contributed by atoms with Crippen LogP contribution in [-0.2, 0) is 7.05 Å². The van der Waals surface area contributed by atoms with Crippen molar-refractivity contribution in [3.05, 3.63) is 23.3 Å².